The van der Waals surface area contributed by atoms with Gasteiger partial charge in [-0.3, -0.25) is 0 Å². The lowest BCUT2D eigenvalue weighted by atomic mass is 9.90. The Balaban J connectivity index is 1.43. The van der Waals surface area contributed by atoms with Crippen molar-refractivity contribution < 1.29 is 4.74 Å². The first-order chi connectivity index (χ1) is 19.7. The zero-order valence-electron chi connectivity index (χ0n) is 22.4. The second-order valence-electron chi connectivity index (χ2n) is 11.3. The molecule has 0 bridgehead atoms. The lowest BCUT2D eigenvalue weighted by Gasteiger charge is -2.42. The van der Waals surface area contributed by atoms with Gasteiger partial charge in [-0.2, -0.15) is 0 Å². The molecular formula is C37H31IOS. The van der Waals surface area contributed by atoms with Crippen LogP contribution in [0, 0.1) is 5.92 Å². The first-order valence-corrected chi connectivity index (χ1v) is 18.6. The predicted molar refractivity (Wildman–Crippen MR) is 179 cm³/mol. The third-order valence-corrected chi connectivity index (χ3v) is 16.0. The van der Waals surface area contributed by atoms with Crippen molar-refractivity contribution in [2.45, 2.75) is 46.8 Å². The number of benzene rings is 6. The minimum absolute atomic E-state index is 0.677. The summed E-state index contributed by atoms with van der Waals surface area (Å²) in [6, 6.07) is 40.9. The first-order valence-electron chi connectivity index (χ1n) is 14.4. The fourth-order valence-corrected chi connectivity index (χ4v) is 13.9. The molecule has 1 aliphatic heterocycles. The van der Waals surface area contributed by atoms with Gasteiger partial charge in [0.05, 0.1) is 6.61 Å². The molecule has 1 unspecified atom stereocenters. The highest BCUT2D eigenvalue weighted by atomic mass is 127. The molecular weight excluding hydrogens is 619 g/mol. The summed E-state index contributed by atoms with van der Waals surface area (Å²) in [7, 11) is -1.63. The van der Waals surface area contributed by atoms with Crippen LogP contribution >= 0.6 is 28.4 Å². The zero-order chi connectivity index (χ0) is 26.7. The predicted octanol–water partition coefficient (Wildman–Crippen LogP) is 11.7. The van der Waals surface area contributed by atoms with Crippen molar-refractivity contribution >= 4 is 60.7 Å². The molecule has 1 aliphatic carbocycles. The van der Waals surface area contributed by atoms with Crippen LogP contribution in [0.25, 0.3) is 43.4 Å². The molecule has 1 nitrogen and oxygen atoms in total. The molecule has 0 radical (unpaired) electrons. The standard InChI is InChI=1S/C37H31IOS/c38-40(34-19-8-14-26-12-4-6-15-28(26)34)35-23-22-33(39-24-25-10-2-1-3-11-25)32-18-9-17-30(36(32)35)31-21-20-27-13-5-7-16-29(27)37(31)40/h4-9,12-23,25H,1-3,10-11,24H2. The molecule has 1 saturated carbocycles. The zero-order valence-corrected chi connectivity index (χ0v) is 25.4. The van der Waals surface area contributed by atoms with Gasteiger partial charge in [-0.15, -0.1) is 7.20 Å². The van der Waals surface area contributed by atoms with E-state index in [9.17, 15) is 0 Å². The summed E-state index contributed by atoms with van der Waals surface area (Å²) in [6.45, 7) is 0.825. The number of fused-ring (bicyclic) bond motifs is 5. The van der Waals surface area contributed by atoms with Crippen molar-refractivity contribution in [1.29, 1.82) is 0 Å². The molecule has 0 amide bonds. The van der Waals surface area contributed by atoms with Crippen LogP contribution in [-0.4, -0.2) is 6.61 Å². The number of hydrogen-bond acceptors (Lipinski definition) is 1. The molecule has 0 saturated heterocycles. The number of halogens is 1. The second kappa shape index (κ2) is 9.81. The Bertz CT molecular complexity index is 1920. The fourth-order valence-electron chi connectivity index (χ4n) is 7.03. The van der Waals surface area contributed by atoms with E-state index in [-0.39, 0.29) is 0 Å². The Kier molecular flexibility index (Phi) is 6.07. The molecule has 2 aliphatic rings. The summed E-state index contributed by atoms with van der Waals surface area (Å²) in [6.07, 6.45) is 6.65. The van der Waals surface area contributed by atoms with Crippen molar-refractivity contribution in [1.82, 2.24) is 0 Å². The maximum absolute atomic E-state index is 6.65. The van der Waals surface area contributed by atoms with Crippen LogP contribution in [-0.2, 0) is 0 Å². The lowest BCUT2D eigenvalue weighted by Crippen LogP contribution is -2.15. The smallest absolute Gasteiger partial charge is 0.127 e. The molecule has 8 rings (SSSR count). The van der Waals surface area contributed by atoms with Gasteiger partial charge in [0.2, 0.25) is 0 Å². The van der Waals surface area contributed by atoms with E-state index in [1.54, 1.807) is 0 Å². The van der Waals surface area contributed by atoms with Crippen LogP contribution in [0.2, 0.25) is 0 Å². The molecule has 0 spiro atoms. The maximum Gasteiger partial charge on any atom is 0.127 e. The van der Waals surface area contributed by atoms with Gasteiger partial charge in [0.15, 0.2) is 0 Å². The SMILES string of the molecule is IS1(c2cccc3ccccc23)c2c(ccc3ccccc23)-c2cccc3c(OCC4CCCCC4)ccc1c23. The topological polar surface area (TPSA) is 9.23 Å². The molecule has 1 heterocycles. The third kappa shape index (κ3) is 3.74. The van der Waals surface area contributed by atoms with Crippen molar-refractivity contribution in [3.63, 3.8) is 0 Å². The highest BCUT2D eigenvalue weighted by molar-refractivity contribution is 14.2. The first kappa shape index (κ1) is 24.8. The van der Waals surface area contributed by atoms with E-state index in [0.29, 0.717) is 5.92 Å². The Morgan fingerprint density at radius 2 is 1.30 bits per heavy atom. The Hall–Kier alpha value is -3.02. The van der Waals surface area contributed by atoms with E-state index in [1.165, 1.54) is 90.2 Å². The average Bonchev–Trinajstić information content (AvgIpc) is 3.02. The Morgan fingerprint density at radius 3 is 2.15 bits per heavy atom. The van der Waals surface area contributed by atoms with E-state index < -0.39 is 7.20 Å². The van der Waals surface area contributed by atoms with Crippen LogP contribution in [0.5, 0.6) is 5.75 Å². The molecule has 6 aromatic rings. The van der Waals surface area contributed by atoms with Gasteiger partial charge in [0.1, 0.15) is 5.75 Å². The molecule has 1 fully saturated rings. The van der Waals surface area contributed by atoms with Crippen LogP contribution in [0.4, 0.5) is 0 Å². The van der Waals surface area contributed by atoms with E-state index in [1.807, 2.05) is 0 Å². The van der Waals surface area contributed by atoms with Crippen LogP contribution < -0.4 is 4.74 Å². The van der Waals surface area contributed by atoms with Crippen molar-refractivity contribution in [3.05, 3.63) is 109 Å². The molecule has 198 valence electrons. The molecule has 1 atom stereocenters. The summed E-state index contributed by atoms with van der Waals surface area (Å²) in [5, 5.41) is 7.92. The Labute approximate surface area is 249 Å². The summed E-state index contributed by atoms with van der Waals surface area (Å²) in [4.78, 5) is 4.33. The highest BCUT2D eigenvalue weighted by Gasteiger charge is 2.39. The minimum atomic E-state index is -1.63. The number of ether oxygens (including phenoxy) is 1. The van der Waals surface area contributed by atoms with E-state index in [0.717, 1.165) is 12.4 Å². The summed E-state index contributed by atoms with van der Waals surface area (Å²) >= 11 is 2.86. The van der Waals surface area contributed by atoms with Gasteiger partial charge in [0.25, 0.3) is 0 Å². The molecule has 0 aromatic heterocycles. The summed E-state index contributed by atoms with van der Waals surface area (Å²) < 4.78 is 6.65. The van der Waals surface area contributed by atoms with E-state index >= 15 is 0 Å². The average molecular weight is 651 g/mol. The van der Waals surface area contributed by atoms with Crippen molar-refractivity contribution in [3.8, 4) is 16.9 Å². The van der Waals surface area contributed by atoms with Gasteiger partial charge in [0, 0.05) is 25.5 Å². The van der Waals surface area contributed by atoms with Gasteiger partial charge in [-0.25, -0.2) is 0 Å². The molecule has 3 heteroatoms. The molecule has 40 heavy (non-hydrogen) atoms. The number of hydrogen-bond donors (Lipinski definition) is 0. The minimum Gasteiger partial charge on any atom is -0.493 e. The summed E-state index contributed by atoms with van der Waals surface area (Å²) in [5.41, 5.74) is 2.69. The Morgan fingerprint density at radius 1 is 0.600 bits per heavy atom. The van der Waals surface area contributed by atoms with Gasteiger partial charge in [-0.05, 0) is 90.8 Å². The number of rotatable bonds is 4. The highest BCUT2D eigenvalue weighted by Crippen LogP contribution is 2.81. The summed E-state index contributed by atoms with van der Waals surface area (Å²) in [5.74, 6) is 1.71. The van der Waals surface area contributed by atoms with Crippen LogP contribution in [0.3, 0.4) is 0 Å². The van der Waals surface area contributed by atoms with Crippen LogP contribution in [0.1, 0.15) is 32.1 Å². The van der Waals surface area contributed by atoms with Gasteiger partial charge in [-0.1, -0.05) is 110 Å². The third-order valence-electron chi connectivity index (χ3n) is 8.97. The largest absolute Gasteiger partial charge is 0.493 e. The quantitative estimate of drug-likeness (QED) is 0.173. The van der Waals surface area contributed by atoms with Crippen molar-refractivity contribution in [2.75, 3.05) is 6.61 Å². The molecule has 6 aromatic carbocycles. The second-order valence-corrected chi connectivity index (χ2v) is 17.6. The lowest BCUT2D eigenvalue weighted by molar-refractivity contribution is 0.210. The van der Waals surface area contributed by atoms with Crippen molar-refractivity contribution in [2.24, 2.45) is 5.92 Å². The van der Waals surface area contributed by atoms with E-state index in [2.05, 4.69) is 130 Å². The maximum atomic E-state index is 6.65. The molecule has 0 N–H and O–H groups in total. The van der Waals surface area contributed by atoms with Gasteiger partial charge >= 0.3 is 0 Å². The van der Waals surface area contributed by atoms with E-state index in [4.69, 9.17) is 4.74 Å². The monoisotopic (exact) mass is 650 g/mol. The fraction of sp³-hybridized carbons (Fsp3) is 0.189. The normalized spacial score (nSPS) is 20.3. The van der Waals surface area contributed by atoms with Gasteiger partial charge < -0.3 is 4.74 Å². The van der Waals surface area contributed by atoms with Crippen LogP contribution in [0.15, 0.2) is 124 Å².